The summed E-state index contributed by atoms with van der Waals surface area (Å²) in [6.45, 7) is 1.67. The maximum atomic E-state index is 13.8. The molecule has 0 bridgehead atoms. The number of carbonyl (C=O) groups excluding carboxylic acids is 1. The van der Waals surface area contributed by atoms with Crippen LogP contribution in [0.2, 0.25) is 0 Å². The summed E-state index contributed by atoms with van der Waals surface area (Å²) < 4.78 is 28.7. The van der Waals surface area contributed by atoms with Gasteiger partial charge in [-0.05, 0) is 19.1 Å². The van der Waals surface area contributed by atoms with Crippen LogP contribution in [0.4, 0.5) is 8.78 Å². The first-order chi connectivity index (χ1) is 11.0. The molecule has 23 heavy (non-hydrogen) atoms. The Hall–Kier alpha value is -2.69. The van der Waals surface area contributed by atoms with E-state index in [1.807, 2.05) is 35.9 Å². The Bertz CT molecular complexity index is 886. The summed E-state index contributed by atoms with van der Waals surface area (Å²) in [5, 5.41) is 3.60. The lowest BCUT2D eigenvalue weighted by atomic mass is 10.1. The predicted octanol–water partition coefficient (Wildman–Crippen LogP) is 3.95. The van der Waals surface area contributed by atoms with E-state index in [1.54, 1.807) is 13.1 Å². The van der Waals surface area contributed by atoms with Crippen LogP contribution in [0.3, 0.4) is 0 Å². The van der Waals surface area contributed by atoms with Crippen molar-refractivity contribution in [2.75, 3.05) is 0 Å². The lowest BCUT2D eigenvalue weighted by Crippen LogP contribution is -2.27. The normalized spacial score (nSPS) is 12.3. The molecule has 1 atom stereocenters. The van der Waals surface area contributed by atoms with Gasteiger partial charge in [0, 0.05) is 35.8 Å². The quantitative estimate of drug-likeness (QED) is 0.780. The summed E-state index contributed by atoms with van der Waals surface area (Å²) in [6.07, 6.45) is 1.74. The first-order valence-corrected chi connectivity index (χ1v) is 7.27. The molecule has 3 aromatic rings. The number of amides is 1. The van der Waals surface area contributed by atoms with Crippen LogP contribution in [0.15, 0.2) is 48.7 Å². The molecule has 5 heteroatoms. The number of rotatable bonds is 3. The highest BCUT2D eigenvalue weighted by atomic mass is 19.1. The third-order valence-corrected chi connectivity index (χ3v) is 3.92. The molecule has 1 amide bonds. The van der Waals surface area contributed by atoms with Gasteiger partial charge in [0.2, 0.25) is 0 Å². The van der Waals surface area contributed by atoms with Gasteiger partial charge in [0.1, 0.15) is 11.6 Å². The van der Waals surface area contributed by atoms with E-state index in [2.05, 4.69) is 5.32 Å². The zero-order valence-corrected chi connectivity index (χ0v) is 12.8. The van der Waals surface area contributed by atoms with Gasteiger partial charge in [0.25, 0.3) is 5.91 Å². The van der Waals surface area contributed by atoms with Gasteiger partial charge in [-0.15, -0.1) is 0 Å². The van der Waals surface area contributed by atoms with Crippen molar-refractivity contribution in [2.45, 2.75) is 13.0 Å². The summed E-state index contributed by atoms with van der Waals surface area (Å²) in [6, 6.07) is 10.3. The lowest BCUT2D eigenvalue weighted by Gasteiger charge is -2.15. The van der Waals surface area contributed by atoms with E-state index in [1.165, 1.54) is 12.1 Å². The Morgan fingerprint density at radius 1 is 1.17 bits per heavy atom. The van der Waals surface area contributed by atoms with Crippen LogP contribution in [0.5, 0.6) is 0 Å². The fourth-order valence-corrected chi connectivity index (χ4v) is 2.73. The van der Waals surface area contributed by atoms with E-state index in [0.717, 1.165) is 17.0 Å². The number of fused-ring (bicyclic) bond motifs is 1. The molecule has 3 rings (SSSR count). The van der Waals surface area contributed by atoms with Crippen molar-refractivity contribution in [1.29, 1.82) is 0 Å². The van der Waals surface area contributed by atoms with Crippen molar-refractivity contribution in [1.82, 2.24) is 9.88 Å². The van der Waals surface area contributed by atoms with Crippen LogP contribution in [0, 0.1) is 11.6 Å². The van der Waals surface area contributed by atoms with Crippen molar-refractivity contribution < 1.29 is 13.6 Å². The first kappa shape index (κ1) is 15.2. The van der Waals surface area contributed by atoms with Crippen LogP contribution in [0.25, 0.3) is 10.9 Å². The molecule has 0 aliphatic heterocycles. The number of benzene rings is 2. The molecule has 0 saturated heterocycles. The van der Waals surface area contributed by atoms with Crippen molar-refractivity contribution in [3.63, 3.8) is 0 Å². The van der Waals surface area contributed by atoms with Gasteiger partial charge in [-0.3, -0.25) is 4.79 Å². The van der Waals surface area contributed by atoms with Crippen molar-refractivity contribution in [3.8, 4) is 0 Å². The molecule has 0 unspecified atom stereocenters. The summed E-state index contributed by atoms with van der Waals surface area (Å²) >= 11 is 0. The monoisotopic (exact) mass is 314 g/mol. The summed E-state index contributed by atoms with van der Waals surface area (Å²) in [5.74, 6) is -1.60. The summed E-state index contributed by atoms with van der Waals surface area (Å²) in [4.78, 5) is 12.5. The van der Waals surface area contributed by atoms with Gasteiger partial charge in [-0.25, -0.2) is 8.78 Å². The molecule has 0 aliphatic rings. The van der Waals surface area contributed by atoms with Crippen molar-refractivity contribution in [2.24, 2.45) is 7.05 Å². The fraction of sp³-hybridized carbons (Fsp3) is 0.167. The minimum atomic E-state index is -0.671. The van der Waals surface area contributed by atoms with Crippen LogP contribution in [0.1, 0.15) is 28.9 Å². The van der Waals surface area contributed by atoms with Crippen LogP contribution in [-0.2, 0) is 7.05 Å². The molecule has 0 aliphatic carbocycles. The molecule has 1 heterocycles. The molecule has 0 saturated carbocycles. The number of carbonyl (C=O) groups is 1. The predicted molar refractivity (Wildman–Crippen MR) is 85.2 cm³/mol. The van der Waals surface area contributed by atoms with Gasteiger partial charge in [-0.1, -0.05) is 24.3 Å². The van der Waals surface area contributed by atoms with E-state index in [0.29, 0.717) is 5.56 Å². The molecule has 0 spiro atoms. The number of hydrogen-bond donors (Lipinski definition) is 1. The Kier molecular flexibility index (Phi) is 3.86. The first-order valence-electron chi connectivity index (χ1n) is 7.27. The molecule has 3 nitrogen and oxygen atoms in total. The van der Waals surface area contributed by atoms with E-state index in [-0.39, 0.29) is 11.5 Å². The van der Waals surface area contributed by atoms with Crippen LogP contribution < -0.4 is 5.32 Å². The summed E-state index contributed by atoms with van der Waals surface area (Å²) in [7, 11) is 1.86. The van der Waals surface area contributed by atoms with E-state index < -0.39 is 17.7 Å². The highest BCUT2D eigenvalue weighted by Crippen LogP contribution is 2.22. The smallest absolute Gasteiger partial charge is 0.253 e. The summed E-state index contributed by atoms with van der Waals surface area (Å²) in [5.41, 5.74) is 1.72. The Morgan fingerprint density at radius 3 is 2.65 bits per heavy atom. The minimum absolute atomic E-state index is 0.250. The number of aryl methyl sites for hydroxylation is 1. The minimum Gasteiger partial charge on any atom is -0.350 e. The number of nitrogens with zero attached hydrogens (tertiary/aromatic N) is 1. The van der Waals surface area contributed by atoms with Gasteiger partial charge in [0.05, 0.1) is 11.6 Å². The molecular weight excluding hydrogens is 298 g/mol. The lowest BCUT2D eigenvalue weighted by molar-refractivity contribution is 0.0941. The molecule has 1 N–H and O–H groups in total. The van der Waals surface area contributed by atoms with Crippen LogP contribution in [-0.4, -0.2) is 10.5 Å². The van der Waals surface area contributed by atoms with E-state index >= 15 is 0 Å². The second-order valence-electron chi connectivity index (χ2n) is 5.53. The Labute approximate surface area is 132 Å². The topological polar surface area (TPSA) is 34.0 Å². The van der Waals surface area contributed by atoms with Crippen LogP contribution >= 0.6 is 0 Å². The zero-order chi connectivity index (χ0) is 16.6. The second kappa shape index (κ2) is 5.83. The van der Waals surface area contributed by atoms with Gasteiger partial charge < -0.3 is 9.88 Å². The largest absolute Gasteiger partial charge is 0.350 e. The van der Waals surface area contributed by atoms with Gasteiger partial charge in [-0.2, -0.15) is 0 Å². The third kappa shape index (κ3) is 2.82. The van der Waals surface area contributed by atoms with E-state index in [9.17, 15) is 13.6 Å². The molecule has 0 radical (unpaired) electrons. The fourth-order valence-electron chi connectivity index (χ4n) is 2.73. The third-order valence-electron chi connectivity index (χ3n) is 3.92. The maximum absolute atomic E-state index is 13.8. The molecular formula is C18H16F2N2O. The van der Waals surface area contributed by atoms with Crippen molar-refractivity contribution in [3.05, 3.63) is 71.4 Å². The van der Waals surface area contributed by atoms with Crippen molar-refractivity contribution >= 4 is 16.8 Å². The number of aromatic nitrogens is 1. The highest BCUT2D eigenvalue weighted by molar-refractivity contribution is 6.07. The number of halogens is 2. The standard InChI is InChI=1S/C18H16F2N2O/c1-11(13-8-7-12(19)9-16(13)20)21-18(23)15-10-22(2)17-6-4-3-5-14(15)17/h3-11H,1-2H3,(H,21,23)/t11-/m0/s1. The van der Waals surface area contributed by atoms with Gasteiger partial charge in [0.15, 0.2) is 0 Å². The molecule has 1 aromatic heterocycles. The number of hydrogen-bond acceptors (Lipinski definition) is 1. The number of para-hydroxylation sites is 1. The molecule has 0 fully saturated rings. The van der Waals surface area contributed by atoms with Gasteiger partial charge >= 0.3 is 0 Å². The maximum Gasteiger partial charge on any atom is 0.253 e. The Balaban J connectivity index is 1.88. The molecule has 118 valence electrons. The SMILES string of the molecule is C[C@H](NC(=O)c1cn(C)c2ccccc12)c1ccc(F)cc1F. The average Bonchev–Trinajstić information content (AvgIpc) is 2.85. The van der Waals surface area contributed by atoms with E-state index in [4.69, 9.17) is 0 Å². The second-order valence-corrected chi connectivity index (χ2v) is 5.53. The zero-order valence-electron chi connectivity index (χ0n) is 12.8. The Morgan fingerprint density at radius 2 is 1.91 bits per heavy atom. The highest BCUT2D eigenvalue weighted by Gasteiger charge is 2.18. The molecule has 2 aromatic carbocycles. The average molecular weight is 314 g/mol. The number of nitrogens with one attached hydrogen (secondary N) is 1.